The van der Waals surface area contributed by atoms with Crippen molar-refractivity contribution in [3.05, 3.63) is 0 Å². The van der Waals surface area contributed by atoms with Crippen LogP contribution >= 0.6 is 34.8 Å². The van der Waals surface area contributed by atoms with E-state index in [1.54, 1.807) is 0 Å². The normalized spacial score (nSPS) is 31.8. The second-order valence-corrected chi connectivity index (χ2v) is 5.26. The van der Waals surface area contributed by atoms with Crippen LogP contribution in [-0.2, 0) is 4.79 Å². The summed E-state index contributed by atoms with van der Waals surface area (Å²) in [4.78, 5) is 10.8. The summed E-state index contributed by atoms with van der Waals surface area (Å²) in [5.41, 5.74) is -1.37. The van der Waals surface area contributed by atoms with Crippen LogP contribution in [0.15, 0.2) is 0 Å². The van der Waals surface area contributed by atoms with Crippen molar-refractivity contribution in [3.63, 3.8) is 0 Å². The Labute approximate surface area is 79.4 Å². The van der Waals surface area contributed by atoms with Crippen molar-refractivity contribution in [2.45, 2.75) is 28.7 Å². The van der Waals surface area contributed by atoms with Gasteiger partial charge in [-0.25, -0.2) is 0 Å². The number of halogens is 3. The topological polar surface area (TPSA) is 37.3 Å². The van der Waals surface area contributed by atoms with E-state index in [1.165, 1.54) is 0 Å². The smallest absolute Gasteiger partial charge is 0.193 e. The van der Waals surface area contributed by atoms with Crippen LogP contribution in [0.3, 0.4) is 0 Å². The van der Waals surface area contributed by atoms with Crippen molar-refractivity contribution in [2.24, 2.45) is 0 Å². The van der Waals surface area contributed by atoms with Gasteiger partial charge in [0.2, 0.25) is 0 Å². The molecule has 1 N–H and O–H groups in total. The lowest BCUT2D eigenvalue weighted by Crippen LogP contribution is -2.50. The number of rotatable bonds is 1. The molecule has 1 aliphatic carbocycles. The van der Waals surface area contributed by atoms with E-state index in [2.05, 4.69) is 0 Å². The summed E-state index contributed by atoms with van der Waals surface area (Å²) in [5, 5.41) is 9.41. The number of carbonyl (C=O) groups is 1. The number of hydrogen-bond donors (Lipinski definition) is 1. The van der Waals surface area contributed by atoms with Crippen molar-refractivity contribution in [2.75, 3.05) is 0 Å². The maximum atomic E-state index is 10.8. The first-order valence-corrected chi connectivity index (χ1v) is 4.29. The van der Waals surface area contributed by atoms with Crippen molar-refractivity contribution in [3.8, 4) is 0 Å². The predicted octanol–water partition coefficient (Wildman–Crippen LogP) is 1.84. The van der Waals surface area contributed by atoms with Crippen molar-refractivity contribution < 1.29 is 9.90 Å². The van der Waals surface area contributed by atoms with Gasteiger partial charge < -0.3 is 5.11 Å². The zero-order chi connectivity index (χ0) is 8.70. The highest BCUT2D eigenvalue weighted by atomic mass is 35.6. The van der Waals surface area contributed by atoms with Crippen molar-refractivity contribution >= 4 is 40.6 Å². The van der Waals surface area contributed by atoms with E-state index in [4.69, 9.17) is 34.8 Å². The molecule has 0 aromatic heterocycles. The Morgan fingerprint density at radius 2 is 2.09 bits per heavy atom. The van der Waals surface area contributed by atoms with E-state index in [-0.39, 0.29) is 12.2 Å². The average molecular weight is 217 g/mol. The van der Waals surface area contributed by atoms with Gasteiger partial charge in [0, 0.05) is 12.8 Å². The Kier molecular flexibility index (Phi) is 2.41. The number of hydrogen-bond acceptors (Lipinski definition) is 2. The minimum absolute atomic E-state index is 0.108. The second-order valence-electron chi connectivity index (χ2n) is 2.75. The molecule has 1 unspecified atom stereocenters. The highest BCUT2D eigenvalue weighted by Gasteiger charge is 2.48. The molecule has 1 saturated carbocycles. The van der Waals surface area contributed by atoms with E-state index in [1.807, 2.05) is 0 Å². The van der Waals surface area contributed by atoms with Gasteiger partial charge in [-0.05, 0) is 6.42 Å². The summed E-state index contributed by atoms with van der Waals surface area (Å²) < 4.78 is -1.54. The largest absolute Gasteiger partial charge is 0.382 e. The van der Waals surface area contributed by atoms with Crippen LogP contribution in [0.25, 0.3) is 0 Å². The molecular weight excluding hydrogens is 210 g/mol. The van der Waals surface area contributed by atoms with E-state index >= 15 is 0 Å². The molecule has 1 atom stereocenters. The van der Waals surface area contributed by atoms with E-state index in [9.17, 15) is 9.90 Å². The lowest BCUT2D eigenvalue weighted by atomic mass is 9.77. The molecule has 1 rings (SSSR count). The summed E-state index contributed by atoms with van der Waals surface area (Å²) in [6.45, 7) is 0. The number of Topliss-reactive ketones (excluding diaryl/α,β-unsaturated/α-hetero) is 1. The van der Waals surface area contributed by atoms with Crippen LogP contribution < -0.4 is 0 Å². The first-order valence-electron chi connectivity index (χ1n) is 3.16. The summed E-state index contributed by atoms with van der Waals surface area (Å²) in [7, 11) is 0. The van der Waals surface area contributed by atoms with Gasteiger partial charge in [-0.1, -0.05) is 34.8 Å². The van der Waals surface area contributed by atoms with Crippen LogP contribution in [0.1, 0.15) is 19.3 Å². The molecule has 11 heavy (non-hydrogen) atoms. The number of alkyl halides is 3. The third-order valence-corrected chi connectivity index (χ3v) is 2.18. The number of carbonyl (C=O) groups excluding carboxylic acids is 1. The molecule has 64 valence electrons. The van der Waals surface area contributed by atoms with Gasteiger partial charge in [-0.2, -0.15) is 0 Å². The standard InChI is InChI=1S/C6H7Cl3O2/c7-6(8,9)3-5(11)2-1-4(5)10/h11H,1-3H2. The highest BCUT2D eigenvalue weighted by molar-refractivity contribution is 6.67. The van der Waals surface area contributed by atoms with Gasteiger partial charge in [0.15, 0.2) is 9.58 Å². The molecule has 0 bridgehead atoms. The molecule has 0 aliphatic heterocycles. The third kappa shape index (κ3) is 2.22. The second kappa shape index (κ2) is 2.77. The molecule has 0 heterocycles. The Morgan fingerprint density at radius 1 is 1.55 bits per heavy atom. The quantitative estimate of drug-likeness (QED) is 0.681. The Bertz CT molecular complexity index is 187. The maximum absolute atomic E-state index is 10.8. The molecular formula is C6H7Cl3O2. The lowest BCUT2D eigenvalue weighted by molar-refractivity contribution is -0.151. The predicted molar refractivity (Wildman–Crippen MR) is 44.1 cm³/mol. The van der Waals surface area contributed by atoms with Crippen LogP contribution in [-0.4, -0.2) is 20.3 Å². The minimum Gasteiger partial charge on any atom is -0.382 e. The third-order valence-electron chi connectivity index (χ3n) is 1.78. The fourth-order valence-corrected chi connectivity index (χ4v) is 1.70. The van der Waals surface area contributed by atoms with Crippen LogP contribution in [0, 0.1) is 0 Å². The van der Waals surface area contributed by atoms with E-state index < -0.39 is 9.39 Å². The first kappa shape index (κ1) is 9.59. The zero-order valence-electron chi connectivity index (χ0n) is 5.61. The van der Waals surface area contributed by atoms with Gasteiger partial charge in [0.1, 0.15) is 5.60 Å². The molecule has 0 saturated heterocycles. The highest BCUT2D eigenvalue weighted by Crippen LogP contribution is 2.41. The molecule has 0 radical (unpaired) electrons. The van der Waals surface area contributed by atoms with Crippen LogP contribution in [0.2, 0.25) is 0 Å². The maximum Gasteiger partial charge on any atom is 0.193 e. The first-order chi connectivity index (χ1) is 4.83. The van der Waals surface area contributed by atoms with E-state index in [0.717, 1.165) is 0 Å². The molecule has 1 aliphatic rings. The monoisotopic (exact) mass is 216 g/mol. The molecule has 0 aromatic carbocycles. The van der Waals surface area contributed by atoms with E-state index in [0.29, 0.717) is 12.8 Å². The van der Waals surface area contributed by atoms with Gasteiger partial charge >= 0.3 is 0 Å². The molecule has 2 nitrogen and oxygen atoms in total. The average Bonchev–Trinajstić information content (AvgIpc) is 1.81. The molecule has 1 fully saturated rings. The Hall–Kier alpha value is 0.500. The van der Waals surface area contributed by atoms with Gasteiger partial charge in [-0.3, -0.25) is 4.79 Å². The summed E-state index contributed by atoms with van der Waals surface area (Å²) in [6, 6.07) is 0. The Morgan fingerprint density at radius 3 is 2.18 bits per heavy atom. The Balaban J connectivity index is 2.55. The van der Waals surface area contributed by atoms with Gasteiger partial charge in [-0.15, -0.1) is 0 Å². The number of aliphatic hydroxyl groups is 1. The summed E-state index contributed by atoms with van der Waals surface area (Å²) in [6.07, 6.45) is 0.681. The fourth-order valence-electron chi connectivity index (χ4n) is 1.03. The van der Waals surface area contributed by atoms with Gasteiger partial charge in [0.05, 0.1) is 0 Å². The zero-order valence-corrected chi connectivity index (χ0v) is 7.88. The lowest BCUT2D eigenvalue weighted by Gasteiger charge is -2.36. The minimum atomic E-state index is -1.54. The molecule has 0 aromatic rings. The number of ketones is 1. The van der Waals surface area contributed by atoms with Gasteiger partial charge in [0.25, 0.3) is 0 Å². The van der Waals surface area contributed by atoms with Crippen LogP contribution in [0.4, 0.5) is 0 Å². The van der Waals surface area contributed by atoms with Crippen LogP contribution in [0.5, 0.6) is 0 Å². The fraction of sp³-hybridized carbons (Fsp3) is 0.833. The summed E-state index contributed by atoms with van der Waals surface area (Å²) in [5.74, 6) is -0.233. The molecule has 0 spiro atoms. The molecule has 5 heteroatoms. The molecule has 0 amide bonds. The van der Waals surface area contributed by atoms with Crippen molar-refractivity contribution in [1.29, 1.82) is 0 Å². The van der Waals surface area contributed by atoms with Crippen molar-refractivity contribution in [1.82, 2.24) is 0 Å². The SMILES string of the molecule is O=C1CCC1(O)CC(Cl)(Cl)Cl. The summed E-state index contributed by atoms with van der Waals surface area (Å²) >= 11 is 16.2.